The molecule has 0 atom stereocenters. The summed E-state index contributed by atoms with van der Waals surface area (Å²) >= 11 is 1.63. The minimum absolute atomic E-state index is 0.411. The van der Waals surface area contributed by atoms with E-state index in [1.807, 2.05) is 59.5 Å². The van der Waals surface area contributed by atoms with E-state index in [4.69, 9.17) is 9.97 Å². The van der Waals surface area contributed by atoms with Crippen molar-refractivity contribution in [2.45, 2.75) is 40.3 Å². The van der Waals surface area contributed by atoms with E-state index in [1.165, 1.54) is 15.0 Å². The Morgan fingerprint density at radius 2 is 1.81 bits per heavy atom. The minimum atomic E-state index is -0.440. The van der Waals surface area contributed by atoms with Crippen LogP contribution in [0.3, 0.4) is 0 Å². The van der Waals surface area contributed by atoms with E-state index >= 15 is 0 Å². The van der Waals surface area contributed by atoms with Crippen LogP contribution in [-0.4, -0.2) is 28.5 Å². The number of H-pyrrole nitrogens is 1. The fourth-order valence-electron chi connectivity index (χ4n) is 3.90. The Labute approximate surface area is 181 Å². The van der Waals surface area contributed by atoms with Crippen LogP contribution < -0.4 is 11.2 Å². The van der Waals surface area contributed by atoms with Gasteiger partial charge in [0.1, 0.15) is 5.82 Å². The average molecular weight is 435 g/mol. The topological polar surface area (TPSA) is 90.0 Å². The van der Waals surface area contributed by atoms with Gasteiger partial charge in [0.25, 0.3) is 5.56 Å². The Bertz CT molecular complexity index is 1500. The largest absolute Gasteiger partial charge is 0.330 e. The second-order valence-electron chi connectivity index (χ2n) is 7.72. The summed E-state index contributed by atoms with van der Waals surface area (Å²) in [6, 6.07) is 8.19. The molecule has 0 unspecified atom stereocenters. The summed E-state index contributed by atoms with van der Waals surface area (Å²) < 4.78 is 5.42. The van der Waals surface area contributed by atoms with Gasteiger partial charge in [-0.15, -0.1) is 11.3 Å². The van der Waals surface area contributed by atoms with Gasteiger partial charge in [0.05, 0.1) is 5.69 Å². The average Bonchev–Trinajstić information content (AvgIpc) is 3.35. The number of imidazole rings is 2. The lowest BCUT2D eigenvalue weighted by Gasteiger charge is -2.09. The molecule has 31 heavy (non-hydrogen) atoms. The SMILES string of the molecule is CCn1c(=O)[nH]c(=O)c2c1nc(Cc1cn3cc(C)sc3n1)n2Cc1ccc(C)cc1. The van der Waals surface area contributed by atoms with Gasteiger partial charge in [-0.2, -0.15) is 0 Å². The van der Waals surface area contributed by atoms with Crippen molar-refractivity contribution in [3.8, 4) is 0 Å². The summed E-state index contributed by atoms with van der Waals surface area (Å²) in [6.07, 6.45) is 4.50. The van der Waals surface area contributed by atoms with Crippen molar-refractivity contribution in [2.75, 3.05) is 0 Å². The predicted octanol–water partition coefficient (Wildman–Crippen LogP) is 2.87. The van der Waals surface area contributed by atoms with Gasteiger partial charge in [-0.1, -0.05) is 29.8 Å². The lowest BCUT2D eigenvalue weighted by molar-refractivity contribution is 0.717. The molecule has 0 aliphatic heterocycles. The molecule has 1 aromatic carbocycles. The van der Waals surface area contributed by atoms with E-state index < -0.39 is 11.2 Å². The van der Waals surface area contributed by atoms with Gasteiger partial charge in [0.15, 0.2) is 16.1 Å². The first-order valence-electron chi connectivity index (χ1n) is 10.1. The highest BCUT2D eigenvalue weighted by Gasteiger charge is 2.19. The van der Waals surface area contributed by atoms with Gasteiger partial charge in [-0.05, 0) is 26.3 Å². The van der Waals surface area contributed by atoms with E-state index in [9.17, 15) is 9.59 Å². The van der Waals surface area contributed by atoms with Crippen LogP contribution in [0.15, 0.2) is 46.2 Å². The first-order valence-corrected chi connectivity index (χ1v) is 11.0. The lowest BCUT2D eigenvalue weighted by Crippen LogP contribution is -2.30. The molecule has 0 saturated heterocycles. The van der Waals surface area contributed by atoms with Crippen LogP contribution in [-0.2, 0) is 19.5 Å². The summed E-state index contributed by atoms with van der Waals surface area (Å²) in [5.74, 6) is 0.705. The van der Waals surface area contributed by atoms with Crippen LogP contribution in [0.1, 0.15) is 34.4 Å². The first-order chi connectivity index (χ1) is 14.9. The van der Waals surface area contributed by atoms with Crippen LogP contribution in [0.2, 0.25) is 0 Å². The van der Waals surface area contributed by atoms with Crippen LogP contribution in [0.25, 0.3) is 16.1 Å². The number of aromatic nitrogens is 6. The molecular formula is C22H22N6O2S. The normalized spacial score (nSPS) is 11.7. The van der Waals surface area contributed by atoms with Crippen LogP contribution in [0.4, 0.5) is 0 Å². The smallest absolute Gasteiger partial charge is 0.317 e. The quantitative estimate of drug-likeness (QED) is 0.461. The number of aromatic amines is 1. The molecule has 0 aliphatic rings. The summed E-state index contributed by atoms with van der Waals surface area (Å²) in [7, 11) is 0. The number of hydrogen-bond acceptors (Lipinski definition) is 5. The summed E-state index contributed by atoms with van der Waals surface area (Å²) in [5.41, 5.74) is 3.06. The molecule has 158 valence electrons. The maximum absolute atomic E-state index is 12.8. The van der Waals surface area contributed by atoms with Crippen molar-refractivity contribution in [3.05, 3.63) is 85.0 Å². The van der Waals surface area contributed by atoms with Gasteiger partial charge < -0.3 is 4.57 Å². The molecule has 5 aromatic rings. The molecule has 4 heterocycles. The first kappa shape index (κ1) is 19.5. The van der Waals surface area contributed by atoms with Crippen molar-refractivity contribution in [3.63, 3.8) is 0 Å². The van der Waals surface area contributed by atoms with Crippen molar-refractivity contribution in [2.24, 2.45) is 0 Å². The molecule has 5 rings (SSSR count). The third-order valence-corrected chi connectivity index (χ3v) is 6.31. The molecule has 0 bridgehead atoms. The maximum atomic E-state index is 12.8. The number of hydrogen-bond donors (Lipinski definition) is 1. The van der Waals surface area contributed by atoms with E-state index in [0.29, 0.717) is 36.5 Å². The van der Waals surface area contributed by atoms with Gasteiger partial charge in [0.2, 0.25) is 0 Å². The molecule has 0 radical (unpaired) electrons. The number of thiazole rings is 1. The molecule has 4 aromatic heterocycles. The molecule has 0 saturated carbocycles. The number of aryl methyl sites for hydroxylation is 3. The fraction of sp³-hybridized carbons (Fsp3) is 0.273. The lowest BCUT2D eigenvalue weighted by atomic mass is 10.1. The molecule has 8 nitrogen and oxygen atoms in total. The number of rotatable bonds is 5. The van der Waals surface area contributed by atoms with Gasteiger partial charge in [-0.25, -0.2) is 14.8 Å². The van der Waals surface area contributed by atoms with E-state index in [-0.39, 0.29) is 0 Å². The zero-order valence-corrected chi connectivity index (χ0v) is 18.4. The third-order valence-electron chi connectivity index (χ3n) is 5.40. The van der Waals surface area contributed by atoms with E-state index in [0.717, 1.165) is 16.2 Å². The molecule has 0 aliphatic carbocycles. The highest BCUT2D eigenvalue weighted by atomic mass is 32.1. The molecule has 0 amide bonds. The Balaban J connectivity index is 1.68. The number of nitrogens with one attached hydrogen (secondary N) is 1. The van der Waals surface area contributed by atoms with Gasteiger partial charge in [-0.3, -0.25) is 18.7 Å². The fourth-order valence-corrected chi connectivity index (χ4v) is 4.73. The number of benzene rings is 1. The van der Waals surface area contributed by atoms with Gasteiger partial charge in [0, 0.05) is 36.8 Å². The van der Waals surface area contributed by atoms with Crippen molar-refractivity contribution >= 4 is 27.5 Å². The Morgan fingerprint density at radius 1 is 1.03 bits per heavy atom. The van der Waals surface area contributed by atoms with Crippen molar-refractivity contribution in [1.82, 2.24) is 28.5 Å². The second kappa shape index (κ2) is 7.35. The zero-order chi connectivity index (χ0) is 21.7. The predicted molar refractivity (Wildman–Crippen MR) is 121 cm³/mol. The van der Waals surface area contributed by atoms with Gasteiger partial charge >= 0.3 is 5.69 Å². The Kier molecular flexibility index (Phi) is 4.62. The second-order valence-corrected chi connectivity index (χ2v) is 8.93. The standard InChI is InChI=1S/C22H22N6O2S/c1-4-27-19-18(20(29)25-21(27)30)28(11-15-7-5-13(2)6-8-15)17(24-19)9-16-12-26-10-14(3)31-22(26)23-16/h5-8,10,12H,4,9,11H2,1-3H3,(H,25,29,30). The molecule has 0 fully saturated rings. The summed E-state index contributed by atoms with van der Waals surface area (Å²) in [6.45, 7) is 6.86. The van der Waals surface area contributed by atoms with Crippen molar-refractivity contribution in [1.29, 1.82) is 0 Å². The number of nitrogens with zero attached hydrogens (tertiary/aromatic N) is 5. The summed E-state index contributed by atoms with van der Waals surface area (Å²) in [4.78, 5) is 39.1. The molecule has 1 N–H and O–H groups in total. The van der Waals surface area contributed by atoms with E-state index in [2.05, 4.69) is 11.9 Å². The molecule has 9 heteroatoms. The number of fused-ring (bicyclic) bond motifs is 2. The molecular weight excluding hydrogens is 412 g/mol. The highest BCUT2D eigenvalue weighted by molar-refractivity contribution is 7.16. The Hall–Kier alpha value is -3.46. The maximum Gasteiger partial charge on any atom is 0.330 e. The van der Waals surface area contributed by atoms with Crippen LogP contribution in [0.5, 0.6) is 0 Å². The van der Waals surface area contributed by atoms with E-state index in [1.54, 1.807) is 11.3 Å². The van der Waals surface area contributed by atoms with Crippen LogP contribution >= 0.6 is 11.3 Å². The zero-order valence-electron chi connectivity index (χ0n) is 17.5. The van der Waals surface area contributed by atoms with Crippen molar-refractivity contribution < 1.29 is 0 Å². The summed E-state index contributed by atoms with van der Waals surface area (Å²) in [5, 5.41) is 0. The third kappa shape index (κ3) is 3.40. The minimum Gasteiger partial charge on any atom is -0.317 e. The highest BCUT2D eigenvalue weighted by Crippen LogP contribution is 2.21. The monoisotopic (exact) mass is 434 g/mol. The molecule has 0 spiro atoms. The van der Waals surface area contributed by atoms with Crippen LogP contribution in [0, 0.1) is 13.8 Å². The Morgan fingerprint density at radius 3 is 2.52 bits per heavy atom.